The molecule has 43 heavy (non-hydrogen) atoms. The van der Waals surface area contributed by atoms with Crippen LogP contribution in [-0.4, -0.2) is 63.4 Å². The van der Waals surface area contributed by atoms with Gasteiger partial charge >= 0.3 is 5.97 Å². The molecule has 0 saturated carbocycles. The van der Waals surface area contributed by atoms with Gasteiger partial charge in [-0.15, -0.1) is 0 Å². The molecule has 5 rings (SSSR count). The third-order valence-electron chi connectivity index (χ3n) is 8.78. The Bertz CT molecular complexity index is 1590. The number of nitrogens with one attached hydrogen (secondary N) is 2. The number of carboxylic acids is 1. The van der Waals surface area contributed by atoms with Gasteiger partial charge < -0.3 is 25.2 Å². The molecule has 0 radical (unpaired) electrons. The first-order valence-electron chi connectivity index (χ1n) is 14.6. The minimum Gasteiger partial charge on any atom is -0.480 e. The third-order valence-corrected chi connectivity index (χ3v) is 8.78. The summed E-state index contributed by atoms with van der Waals surface area (Å²) in [5.41, 5.74) is 0.786. The lowest BCUT2D eigenvalue weighted by atomic mass is 9.62. The molecule has 1 aliphatic carbocycles. The standard InChI is InChI=1S/C33H36N4O6/c1-21(31(41)42)34-32(43)33(22-9-4-3-5-10-22)17-14-25(24-11-6-7-13-27(24)33)30(40)37-19-15-23(16-20-37)35-28(38)26-12-8-18-36(2)29(26)39/h3-13,18,21,23,25H,14-17,19-20H2,1-2H3,(H,34,43)(H,35,38)(H,41,42)/t21-,25+,33-/m1/s1. The van der Waals surface area contributed by atoms with Crippen molar-refractivity contribution in [3.63, 3.8) is 0 Å². The van der Waals surface area contributed by atoms with Crippen LogP contribution in [0.4, 0.5) is 0 Å². The summed E-state index contributed by atoms with van der Waals surface area (Å²) in [6, 6.07) is 18.7. The monoisotopic (exact) mass is 584 g/mol. The number of carboxylic acid groups (broad SMARTS) is 1. The van der Waals surface area contributed by atoms with E-state index < -0.39 is 35.2 Å². The summed E-state index contributed by atoms with van der Waals surface area (Å²) in [4.78, 5) is 66.4. The van der Waals surface area contributed by atoms with E-state index in [-0.39, 0.29) is 23.1 Å². The number of fused-ring (bicyclic) bond motifs is 1. The Morgan fingerprint density at radius 2 is 1.60 bits per heavy atom. The van der Waals surface area contributed by atoms with Crippen LogP contribution in [0.5, 0.6) is 0 Å². The van der Waals surface area contributed by atoms with Crippen molar-refractivity contribution in [2.45, 2.75) is 56.0 Å². The fourth-order valence-electron chi connectivity index (χ4n) is 6.37. The van der Waals surface area contributed by atoms with Gasteiger partial charge in [-0.3, -0.25) is 24.0 Å². The summed E-state index contributed by atoms with van der Waals surface area (Å²) >= 11 is 0. The second-order valence-electron chi connectivity index (χ2n) is 11.4. The summed E-state index contributed by atoms with van der Waals surface area (Å²) in [7, 11) is 1.60. The highest BCUT2D eigenvalue weighted by Crippen LogP contribution is 2.48. The maximum Gasteiger partial charge on any atom is 0.325 e. The number of pyridine rings is 1. The van der Waals surface area contributed by atoms with E-state index in [9.17, 15) is 29.1 Å². The largest absolute Gasteiger partial charge is 0.480 e. The first-order valence-corrected chi connectivity index (χ1v) is 14.6. The zero-order valence-corrected chi connectivity index (χ0v) is 24.3. The Morgan fingerprint density at radius 3 is 2.30 bits per heavy atom. The fourth-order valence-corrected chi connectivity index (χ4v) is 6.37. The Kier molecular flexibility index (Phi) is 8.47. The van der Waals surface area contributed by atoms with E-state index in [1.165, 1.54) is 17.6 Å². The number of aliphatic carboxylic acids is 1. The lowest BCUT2D eigenvalue weighted by molar-refractivity contribution is -0.142. The molecule has 1 aliphatic heterocycles. The molecule has 1 aromatic heterocycles. The lowest BCUT2D eigenvalue weighted by Gasteiger charge is -2.43. The van der Waals surface area contributed by atoms with E-state index in [1.807, 2.05) is 59.5 Å². The number of hydrogen-bond acceptors (Lipinski definition) is 5. The number of benzene rings is 2. The predicted molar refractivity (Wildman–Crippen MR) is 160 cm³/mol. The van der Waals surface area contributed by atoms with Crippen LogP contribution in [0.25, 0.3) is 0 Å². The van der Waals surface area contributed by atoms with Crippen molar-refractivity contribution >= 4 is 23.7 Å². The van der Waals surface area contributed by atoms with E-state index in [2.05, 4.69) is 10.6 Å². The molecule has 3 amide bonds. The maximum absolute atomic E-state index is 13.9. The Labute approximate surface area is 249 Å². The number of aryl methyl sites for hydroxylation is 1. The van der Waals surface area contributed by atoms with Gasteiger partial charge in [0, 0.05) is 32.4 Å². The molecule has 3 aromatic rings. The number of nitrogens with zero attached hydrogens (tertiary/aromatic N) is 2. The van der Waals surface area contributed by atoms with E-state index in [0.717, 1.165) is 11.1 Å². The first-order chi connectivity index (χ1) is 20.6. The van der Waals surface area contributed by atoms with Crippen LogP contribution in [0.3, 0.4) is 0 Å². The predicted octanol–water partition coefficient (Wildman–Crippen LogP) is 2.56. The van der Waals surface area contributed by atoms with E-state index in [4.69, 9.17) is 0 Å². The van der Waals surface area contributed by atoms with Crippen LogP contribution in [0.15, 0.2) is 77.7 Å². The number of amides is 3. The normalized spacial score (nSPS) is 20.9. The zero-order chi connectivity index (χ0) is 30.7. The molecular weight excluding hydrogens is 548 g/mol. The van der Waals surface area contributed by atoms with Crippen molar-refractivity contribution < 1.29 is 24.3 Å². The minimum atomic E-state index is -1.15. The van der Waals surface area contributed by atoms with Gasteiger partial charge in [0.1, 0.15) is 11.6 Å². The van der Waals surface area contributed by atoms with Gasteiger partial charge in [-0.1, -0.05) is 54.6 Å². The zero-order valence-electron chi connectivity index (χ0n) is 24.3. The van der Waals surface area contributed by atoms with Gasteiger partial charge in [-0.05, 0) is 61.4 Å². The van der Waals surface area contributed by atoms with Crippen LogP contribution in [0.2, 0.25) is 0 Å². The van der Waals surface area contributed by atoms with Crippen LogP contribution in [0.1, 0.15) is 65.6 Å². The average molecular weight is 585 g/mol. The van der Waals surface area contributed by atoms with Crippen molar-refractivity contribution in [3.8, 4) is 0 Å². The molecule has 10 heteroatoms. The highest BCUT2D eigenvalue weighted by atomic mass is 16.4. The molecule has 3 atom stereocenters. The van der Waals surface area contributed by atoms with Gasteiger partial charge in [-0.2, -0.15) is 0 Å². The van der Waals surface area contributed by atoms with E-state index in [0.29, 0.717) is 44.3 Å². The first kappa shape index (κ1) is 29.8. The number of piperidine rings is 1. The van der Waals surface area contributed by atoms with Gasteiger partial charge in [0.15, 0.2) is 0 Å². The topological polar surface area (TPSA) is 138 Å². The van der Waals surface area contributed by atoms with Crippen molar-refractivity contribution in [1.29, 1.82) is 0 Å². The number of carbonyl (C=O) groups excluding carboxylic acids is 3. The van der Waals surface area contributed by atoms with Crippen LogP contribution in [-0.2, 0) is 26.8 Å². The molecule has 1 fully saturated rings. The molecule has 0 bridgehead atoms. The number of carbonyl (C=O) groups is 4. The molecular formula is C33H36N4O6. The van der Waals surface area contributed by atoms with E-state index >= 15 is 0 Å². The molecule has 1 saturated heterocycles. The summed E-state index contributed by atoms with van der Waals surface area (Å²) in [5, 5.41) is 15.1. The highest BCUT2D eigenvalue weighted by molar-refractivity contribution is 5.97. The molecule has 0 unspecified atom stereocenters. The summed E-state index contributed by atoms with van der Waals surface area (Å²) in [6.07, 6.45) is 3.46. The van der Waals surface area contributed by atoms with Gasteiger partial charge in [0.2, 0.25) is 11.8 Å². The van der Waals surface area contributed by atoms with Crippen LogP contribution < -0.4 is 16.2 Å². The molecule has 3 N–H and O–H groups in total. The number of aromatic nitrogens is 1. The van der Waals surface area contributed by atoms with Crippen molar-refractivity contribution in [3.05, 3.63) is 106 Å². The molecule has 2 heterocycles. The van der Waals surface area contributed by atoms with Gasteiger partial charge in [-0.25, -0.2) is 0 Å². The quantitative estimate of drug-likeness (QED) is 0.390. The minimum absolute atomic E-state index is 0.0323. The summed E-state index contributed by atoms with van der Waals surface area (Å²) in [6.45, 7) is 2.34. The Balaban J connectivity index is 1.35. The number of likely N-dealkylation sites (tertiary alicyclic amines) is 1. The van der Waals surface area contributed by atoms with Gasteiger partial charge in [0.25, 0.3) is 11.5 Å². The molecule has 0 spiro atoms. The molecule has 224 valence electrons. The van der Waals surface area contributed by atoms with E-state index in [1.54, 1.807) is 19.3 Å². The van der Waals surface area contributed by atoms with Crippen molar-refractivity contribution in [2.75, 3.05) is 13.1 Å². The van der Waals surface area contributed by atoms with Crippen LogP contribution >= 0.6 is 0 Å². The summed E-state index contributed by atoms with van der Waals surface area (Å²) < 4.78 is 1.36. The molecule has 2 aromatic carbocycles. The maximum atomic E-state index is 13.9. The SMILES string of the molecule is C[C@@H](NC(=O)[C@@]1(c2ccccc2)CC[C@H](C(=O)N2CCC(NC(=O)c3cccn(C)c3=O)CC2)c2ccccc21)C(=O)O. The third kappa shape index (κ3) is 5.69. The van der Waals surface area contributed by atoms with Crippen molar-refractivity contribution in [1.82, 2.24) is 20.1 Å². The van der Waals surface area contributed by atoms with Gasteiger partial charge in [0.05, 0.1) is 11.3 Å². The van der Waals surface area contributed by atoms with Crippen molar-refractivity contribution in [2.24, 2.45) is 7.05 Å². The summed E-state index contributed by atoms with van der Waals surface area (Å²) in [5.74, 6) is -2.44. The second-order valence-corrected chi connectivity index (χ2v) is 11.4. The lowest BCUT2D eigenvalue weighted by Crippen LogP contribution is -2.53. The Hall–Kier alpha value is -4.73. The second kappa shape index (κ2) is 12.2. The number of hydrogen-bond donors (Lipinski definition) is 3. The fraction of sp³-hybridized carbons (Fsp3) is 0.364. The number of rotatable bonds is 7. The smallest absolute Gasteiger partial charge is 0.325 e. The van der Waals surface area contributed by atoms with Crippen LogP contribution in [0, 0.1) is 0 Å². The highest BCUT2D eigenvalue weighted by Gasteiger charge is 2.49. The molecule has 10 nitrogen and oxygen atoms in total. The Morgan fingerprint density at radius 1 is 0.930 bits per heavy atom. The molecule has 2 aliphatic rings. The average Bonchev–Trinajstić information content (AvgIpc) is 3.02.